The van der Waals surface area contributed by atoms with E-state index in [0.717, 1.165) is 16.6 Å². The van der Waals surface area contributed by atoms with Crippen molar-refractivity contribution in [3.63, 3.8) is 0 Å². The zero-order valence-corrected chi connectivity index (χ0v) is 12.7. The molecule has 23 heavy (non-hydrogen) atoms. The van der Waals surface area contributed by atoms with Gasteiger partial charge in [0.2, 0.25) is 11.8 Å². The summed E-state index contributed by atoms with van der Waals surface area (Å²) >= 11 is 0. The van der Waals surface area contributed by atoms with Gasteiger partial charge in [0.05, 0.1) is 30.2 Å². The quantitative estimate of drug-likeness (QED) is 0.816. The maximum absolute atomic E-state index is 12.1. The summed E-state index contributed by atoms with van der Waals surface area (Å²) in [4.78, 5) is 36.6. The van der Waals surface area contributed by atoms with Crippen molar-refractivity contribution in [1.29, 1.82) is 0 Å². The third kappa shape index (κ3) is 2.19. The molecule has 1 N–H and O–H groups in total. The molecule has 3 heterocycles. The molecular formula is C16H16N4O3. The fraction of sp³-hybridized carbons (Fsp3) is 0.375. The first-order valence-electron chi connectivity index (χ1n) is 7.60. The number of carbonyl (C=O) groups is 3. The van der Waals surface area contributed by atoms with E-state index in [1.165, 1.54) is 0 Å². The number of fused-ring (bicyclic) bond motifs is 1. The molecule has 1 aromatic heterocycles. The van der Waals surface area contributed by atoms with Crippen LogP contribution in [0.5, 0.6) is 0 Å². The fourth-order valence-electron chi connectivity index (χ4n) is 3.24. The van der Waals surface area contributed by atoms with E-state index in [2.05, 4.69) is 10.4 Å². The number of benzene rings is 1. The summed E-state index contributed by atoms with van der Waals surface area (Å²) in [6.45, 7) is 0.896. The summed E-state index contributed by atoms with van der Waals surface area (Å²) in [5, 5.41) is 7.80. The molecule has 1 atom stereocenters. The van der Waals surface area contributed by atoms with Crippen molar-refractivity contribution >= 4 is 34.2 Å². The standard InChI is InChI=1S/C16H16N4O3/c1-19-13-6-9(20-7-10(21)8-20)2-3-11(13)15(18-19)12-4-5-14(22)17-16(12)23/h2-3,6,12H,4-5,7-8H2,1H3,(H,17,22,23). The summed E-state index contributed by atoms with van der Waals surface area (Å²) in [5.41, 5.74) is 2.61. The van der Waals surface area contributed by atoms with Gasteiger partial charge < -0.3 is 4.90 Å². The Bertz CT molecular complexity index is 846. The molecule has 7 nitrogen and oxygen atoms in total. The highest BCUT2D eigenvalue weighted by Crippen LogP contribution is 2.32. The van der Waals surface area contributed by atoms with Gasteiger partial charge in [0, 0.05) is 24.5 Å². The zero-order valence-electron chi connectivity index (χ0n) is 12.7. The number of Topliss-reactive ketones (excluding diaryl/α,β-unsaturated/α-hetero) is 1. The molecule has 2 fully saturated rings. The highest BCUT2D eigenvalue weighted by atomic mass is 16.2. The molecule has 4 rings (SSSR count). The predicted molar refractivity (Wildman–Crippen MR) is 83.1 cm³/mol. The van der Waals surface area contributed by atoms with Crippen LogP contribution in [0.4, 0.5) is 5.69 Å². The van der Waals surface area contributed by atoms with Gasteiger partial charge in [-0.2, -0.15) is 5.10 Å². The number of nitrogens with one attached hydrogen (secondary N) is 1. The number of ketones is 1. The highest BCUT2D eigenvalue weighted by molar-refractivity contribution is 6.03. The van der Waals surface area contributed by atoms with Crippen LogP contribution in [0.1, 0.15) is 24.5 Å². The minimum absolute atomic E-state index is 0.226. The van der Waals surface area contributed by atoms with Crippen LogP contribution in [0, 0.1) is 0 Å². The van der Waals surface area contributed by atoms with Crippen molar-refractivity contribution in [1.82, 2.24) is 15.1 Å². The average Bonchev–Trinajstić information content (AvgIpc) is 2.81. The number of imide groups is 1. The Kier molecular flexibility index (Phi) is 2.97. The molecule has 0 aliphatic carbocycles. The molecule has 7 heteroatoms. The second-order valence-corrected chi connectivity index (χ2v) is 6.11. The Morgan fingerprint density at radius 3 is 2.70 bits per heavy atom. The molecule has 0 spiro atoms. The van der Waals surface area contributed by atoms with Crippen LogP contribution < -0.4 is 10.2 Å². The van der Waals surface area contributed by atoms with E-state index in [0.29, 0.717) is 31.6 Å². The number of piperidine rings is 1. The third-order valence-corrected chi connectivity index (χ3v) is 4.53. The van der Waals surface area contributed by atoms with Gasteiger partial charge in [0.25, 0.3) is 0 Å². The number of aryl methyl sites for hydroxylation is 1. The van der Waals surface area contributed by atoms with Crippen molar-refractivity contribution in [2.45, 2.75) is 18.8 Å². The highest BCUT2D eigenvalue weighted by Gasteiger charge is 2.32. The van der Waals surface area contributed by atoms with Crippen LogP contribution in [0.15, 0.2) is 18.2 Å². The third-order valence-electron chi connectivity index (χ3n) is 4.53. The van der Waals surface area contributed by atoms with Gasteiger partial charge >= 0.3 is 0 Å². The monoisotopic (exact) mass is 312 g/mol. The summed E-state index contributed by atoms with van der Waals surface area (Å²) in [6, 6.07) is 5.88. The van der Waals surface area contributed by atoms with Gasteiger partial charge in [-0.3, -0.25) is 24.4 Å². The van der Waals surface area contributed by atoms with Crippen molar-refractivity contribution in [2.24, 2.45) is 7.05 Å². The molecule has 2 aromatic rings. The zero-order chi connectivity index (χ0) is 16.1. The molecule has 118 valence electrons. The van der Waals surface area contributed by atoms with E-state index in [-0.39, 0.29) is 17.6 Å². The van der Waals surface area contributed by atoms with Crippen LogP contribution in [0.3, 0.4) is 0 Å². The van der Waals surface area contributed by atoms with Crippen molar-refractivity contribution in [3.8, 4) is 0 Å². The Balaban J connectivity index is 1.73. The summed E-state index contributed by atoms with van der Waals surface area (Å²) < 4.78 is 1.75. The first kappa shape index (κ1) is 13.9. The number of hydrogen-bond donors (Lipinski definition) is 1. The fourth-order valence-corrected chi connectivity index (χ4v) is 3.24. The normalized spacial score (nSPS) is 21.5. The lowest BCUT2D eigenvalue weighted by molar-refractivity contribution is -0.134. The lowest BCUT2D eigenvalue weighted by Gasteiger charge is -2.31. The largest absolute Gasteiger partial charge is 0.357 e. The lowest BCUT2D eigenvalue weighted by atomic mass is 9.92. The molecule has 2 amide bonds. The minimum Gasteiger partial charge on any atom is -0.357 e. The van der Waals surface area contributed by atoms with E-state index in [4.69, 9.17) is 0 Å². The second-order valence-electron chi connectivity index (χ2n) is 6.11. The van der Waals surface area contributed by atoms with E-state index < -0.39 is 5.92 Å². The second kappa shape index (κ2) is 4.91. The first-order chi connectivity index (χ1) is 11.0. The summed E-state index contributed by atoms with van der Waals surface area (Å²) in [5.74, 6) is -0.665. The van der Waals surface area contributed by atoms with Crippen LogP contribution in [0.25, 0.3) is 10.9 Å². The molecule has 2 aliphatic rings. The van der Waals surface area contributed by atoms with Gasteiger partial charge in [-0.05, 0) is 24.6 Å². The maximum Gasteiger partial charge on any atom is 0.235 e. The SMILES string of the molecule is Cn1nc(C2CCC(=O)NC2=O)c2ccc(N3CC(=O)C3)cc21. The maximum atomic E-state index is 12.1. The number of anilines is 1. The first-order valence-corrected chi connectivity index (χ1v) is 7.60. The van der Waals surface area contributed by atoms with Crippen LogP contribution in [-0.2, 0) is 21.4 Å². The molecule has 0 saturated carbocycles. The molecule has 0 radical (unpaired) electrons. The van der Waals surface area contributed by atoms with Crippen LogP contribution in [-0.4, -0.2) is 40.5 Å². The summed E-state index contributed by atoms with van der Waals surface area (Å²) in [7, 11) is 1.84. The Morgan fingerprint density at radius 1 is 1.22 bits per heavy atom. The van der Waals surface area contributed by atoms with Crippen molar-refractivity contribution in [3.05, 3.63) is 23.9 Å². The number of nitrogens with zero attached hydrogens (tertiary/aromatic N) is 3. The van der Waals surface area contributed by atoms with Crippen molar-refractivity contribution in [2.75, 3.05) is 18.0 Å². The summed E-state index contributed by atoms with van der Waals surface area (Å²) in [6.07, 6.45) is 0.821. The lowest BCUT2D eigenvalue weighted by Crippen LogP contribution is -2.47. The molecule has 1 unspecified atom stereocenters. The number of hydrogen-bond acceptors (Lipinski definition) is 5. The smallest absolute Gasteiger partial charge is 0.235 e. The van der Waals surface area contributed by atoms with E-state index in [9.17, 15) is 14.4 Å². The van der Waals surface area contributed by atoms with E-state index in [1.54, 1.807) is 4.68 Å². The number of aromatic nitrogens is 2. The number of rotatable bonds is 2. The van der Waals surface area contributed by atoms with Gasteiger partial charge in [0.1, 0.15) is 0 Å². The minimum atomic E-state index is -0.396. The Hall–Kier alpha value is -2.70. The van der Waals surface area contributed by atoms with E-state index >= 15 is 0 Å². The molecule has 2 aliphatic heterocycles. The molecular weight excluding hydrogens is 296 g/mol. The van der Waals surface area contributed by atoms with Crippen LogP contribution >= 0.6 is 0 Å². The van der Waals surface area contributed by atoms with Crippen LogP contribution in [0.2, 0.25) is 0 Å². The number of amides is 2. The van der Waals surface area contributed by atoms with Crippen molar-refractivity contribution < 1.29 is 14.4 Å². The predicted octanol–water partition coefficient (Wildman–Crippen LogP) is 0.483. The van der Waals surface area contributed by atoms with Gasteiger partial charge in [-0.25, -0.2) is 0 Å². The molecule has 2 saturated heterocycles. The van der Waals surface area contributed by atoms with Gasteiger partial charge in [-0.1, -0.05) is 0 Å². The van der Waals surface area contributed by atoms with Gasteiger partial charge in [-0.15, -0.1) is 0 Å². The topological polar surface area (TPSA) is 84.3 Å². The average molecular weight is 312 g/mol. The van der Waals surface area contributed by atoms with E-state index in [1.807, 2.05) is 30.1 Å². The van der Waals surface area contributed by atoms with Gasteiger partial charge in [0.15, 0.2) is 5.78 Å². The molecule has 0 bridgehead atoms. The molecule has 1 aromatic carbocycles. The Labute approximate surface area is 132 Å². The number of carbonyl (C=O) groups excluding carboxylic acids is 3. The Morgan fingerprint density at radius 2 is 2.00 bits per heavy atom.